The van der Waals surface area contributed by atoms with E-state index >= 15 is 0 Å². The number of fused-ring (bicyclic) bond motifs is 2. The molecule has 0 radical (unpaired) electrons. The maximum atomic E-state index is 13.5. The van der Waals surface area contributed by atoms with Gasteiger partial charge in [-0.15, -0.1) is 0 Å². The van der Waals surface area contributed by atoms with Crippen molar-refractivity contribution in [2.45, 2.75) is 31.2 Å². The number of imidazole rings is 2. The van der Waals surface area contributed by atoms with Crippen molar-refractivity contribution < 1.29 is 4.79 Å². The summed E-state index contributed by atoms with van der Waals surface area (Å²) in [7, 11) is 0. The highest BCUT2D eigenvalue weighted by atomic mass is 35.5. The van der Waals surface area contributed by atoms with Crippen LogP contribution in [-0.4, -0.2) is 42.8 Å². The third-order valence-electron chi connectivity index (χ3n) is 7.24. The highest BCUT2D eigenvalue weighted by Crippen LogP contribution is 2.32. The first kappa shape index (κ1) is 22.6. The minimum absolute atomic E-state index is 0.0727. The lowest BCUT2D eigenvalue weighted by atomic mass is 9.91. The molecule has 1 N–H and O–H groups in total. The molecule has 6 rings (SSSR count). The predicted molar refractivity (Wildman–Crippen MR) is 141 cm³/mol. The van der Waals surface area contributed by atoms with Gasteiger partial charge in [-0.05, 0) is 42.7 Å². The Morgan fingerprint density at radius 2 is 1.78 bits per heavy atom. The molecule has 2 aromatic carbocycles. The number of aromatic nitrogens is 4. The molecule has 1 atom stereocenters. The van der Waals surface area contributed by atoms with E-state index in [4.69, 9.17) is 11.6 Å². The Morgan fingerprint density at radius 1 is 1.03 bits per heavy atom. The van der Waals surface area contributed by atoms with E-state index in [-0.39, 0.29) is 23.6 Å². The number of rotatable bonds is 5. The molecular weight excluding hydrogens is 474 g/mol. The van der Waals surface area contributed by atoms with Crippen molar-refractivity contribution >= 4 is 34.2 Å². The molecule has 8 heteroatoms. The van der Waals surface area contributed by atoms with Crippen LogP contribution in [0.25, 0.3) is 16.7 Å². The average molecular weight is 500 g/mol. The van der Waals surface area contributed by atoms with E-state index in [0.29, 0.717) is 24.5 Å². The van der Waals surface area contributed by atoms with E-state index in [0.717, 1.165) is 40.8 Å². The number of hydrogen-bond donors (Lipinski definition) is 1. The molecule has 1 aliphatic heterocycles. The van der Waals surface area contributed by atoms with Gasteiger partial charge in [0.15, 0.2) is 0 Å². The van der Waals surface area contributed by atoms with Gasteiger partial charge < -0.3 is 14.3 Å². The number of aromatic amines is 1. The summed E-state index contributed by atoms with van der Waals surface area (Å²) < 4.78 is 3.83. The number of pyridine rings is 1. The Kier molecular flexibility index (Phi) is 5.85. The van der Waals surface area contributed by atoms with Crippen LogP contribution in [0.1, 0.15) is 42.5 Å². The fourth-order valence-corrected chi connectivity index (χ4v) is 5.58. The largest absolute Gasteiger partial charge is 0.343 e. The number of benzene rings is 2. The summed E-state index contributed by atoms with van der Waals surface area (Å²) in [5.74, 6) is -0.0494. The Labute approximate surface area is 213 Å². The SMILES string of the molecule is O=C(CC(c1ccccc1)c1cnc2ccc(Cl)cn12)N1CCC(n2c(=O)[nH]c3ccccc32)CC1. The molecule has 5 aromatic rings. The van der Waals surface area contributed by atoms with Crippen LogP contribution < -0.4 is 5.69 Å². The van der Waals surface area contributed by atoms with Gasteiger partial charge in [-0.2, -0.15) is 0 Å². The predicted octanol–water partition coefficient (Wildman–Crippen LogP) is 5.02. The standard InChI is InChI=1S/C28H26ClN5O2/c29-20-10-11-26-30-17-25(33(26)18-20)22(19-6-2-1-3-7-19)16-27(35)32-14-12-21(13-15-32)34-24-9-5-4-8-23(24)31-28(34)36/h1-11,17-18,21-22H,12-16H2,(H,31,36). The summed E-state index contributed by atoms with van der Waals surface area (Å²) in [6.07, 6.45) is 5.52. The number of piperidine rings is 1. The summed E-state index contributed by atoms with van der Waals surface area (Å²) >= 11 is 6.28. The zero-order valence-corrected chi connectivity index (χ0v) is 20.4. The van der Waals surface area contributed by atoms with Crippen molar-refractivity contribution in [1.82, 2.24) is 23.8 Å². The van der Waals surface area contributed by atoms with Gasteiger partial charge in [0, 0.05) is 43.9 Å². The Morgan fingerprint density at radius 3 is 2.58 bits per heavy atom. The van der Waals surface area contributed by atoms with Gasteiger partial charge in [0.05, 0.1) is 21.7 Å². The molecule has 1 unspecified atom stereocenters. The molecule has 1 aliphatic rings. The van der Waals surface area contributed by atoms with Crippen molar-refractivity contribution in [1.29, 1.82) is 0 Å². The van der Waals surface area contributed by atoms with E-state index < -0.39 is 0 Å². The molecule has 1 saturated heterocycles. The zero-order chi connectivity index (χ0) is 24.6. The first-order chi connectivity index (χ1) is 17.6. The molecular formula is C28H26ClN5O2. The lowest BCUT2D eigenvalue weighted by molar-refractivity contribution is -0.132. The molecule has 1 amide bonds. The van der Waals surface area contributed by atoms with Crippen LogP contribution >= 0.6 is 11.6 Å². The molecule has 36 heavy (non-hydrogen) atoms. The lowest BCUT2D eigenvalue weighted by Gasteiger charge is -2.33. The number of nitrogens with one attached hydrogen (secondary N) is 1. The quantitative estimate of drug-likeness (QED) is 0.369. The van der Waals surface area contributed by atoms with Gasteiger partial charge in [0.2, 0.25) is 5.91 Å². The number of amides is 1. The number of carbonyl (C=O) groups is 1. The molecule has 1 fully saturated rings. The van der Waals surface area contributed by atoms with Gasteiger partial charge in [-0.3, -0.25) is 9.36 Å². The van der Waals surface area contributed by atoms with Gasteiger partial charge in [0.25, 0.3) is 0 Å². The van der Waals surface area contributed by atoms with E-state index in [1.807, 2.05) is 80.9 Å². The molecule has 0 spiro atoms. The second-order valence-corrected chi connectivity index (χ2v) is 9.79. The van der Waals surface area contributed by atoms with E-state index in [9.17, 15) is 9.59 Å². The van der Waals surface area contributed by atoms with Crippen LogP contribution in [0.3, 0.4) is 0 Å². The van der Waals surface area contributed by atoms with Gasteiger partial charge >= 0.3 is 5.69 Å². The topological polar surface area (TPSA) is 75.4 Å². The number of likely N-dealkylation sites (tertiary alicyclic amines) is 1. The van der Waals surface area contributed by atoms with Crippen molar-refractivity contribution in [2.75, 3.05) is 13.1 Å². The summed E-state index contributed by atoms with van der Waals surface area (Å²) in [6, 6.07) is 21.6. The van der Waals surface area contributed by atoms with Crippen molar-refractivity contribution in [3.63, 3.8) is 0 Å². The van der Waals surface area contributed by atoms with Crippen molar-refractivity contribution in [2.24, 2.45) is 0 Å². The van der Waals surface area contributed by atoms with Crippen LogP contribution in [0.5, 0.6) is 0 Å². The number of para-hydroxylation sites is 2. The van der Waals surface area contributed by atoms with Gasteiger partial charge in [0.1, 0.15) is 5.65 Å². The molecule has 0 aliphatic carbocycles. The number of hydrogen-bond acceptors (Lipinski definition) is 3. The second-order valence-electron chi connectivity index (χ2n) is 9.36. The molecule has 182 valence electrons. The smallest absolute Gasteiger partial charge is 0.326 e. The van der Waals surface area contributed by atoms with Crippen LogP contribution in [-0.2, 0) is 4.79 Å². The van der Waals surface area contributed by atoms with Crippen LogP contribution in [0, 0.1) is 0 Å². The third-order valence-corrected chi connectivity index (χ3v) is 7.47. The minimum Gasteiger partial charge on any atom is -0.343 e. The second kappa shape index (κ2) is 9.32. The highest BCUT2D eigenvalue weighted by molar-refractivity contribution is 6.30. The first-order valence-corrected chi connectivity index (χ1v) is 12.6. The van der Waals surface area contributed by atoms with Crippen molar-refractivity contribution in [3.05, 3.63) is 106 Å². The molecule has 3 aromatic heterocycles. The van der Waals surface area contributed by atoms with Crippen LogP contribution in [0.4, 0.5) is 0 Å². The Balaban J connectivity index is 1.23. The Hall–Kier alpha value is -3.84. The first-order valence-electron chi connectivity index (χ1n) is 12.2. The number of nitrogens with zero attached hydrogens (tertiary/aromatic N) is 4. The highest BCUT2D eigenvalue weighted by Gasteiger charge is 2.29. The summed E-state index contributed by atoms with van der Waals surface area (Å²) in [5.41, 5.74) is 4.48. The maximum Gasteiger partial charge on any atom is 0.326 e. The van der Waals surface area contributed by atoms with E-state index in [1.54, 1.807) is 0 Å². The summed E-state index contributed by atoms with van der Waals surface area (Å²) in [4.78, 5) is 35.6. The number of halogens is 1. The van der Waals surface area contributed by atoms with Gasteiger partial charge in [-0.1, -0.05) is 54.1 Å². The van der Waals surface area contributed by atoms with Gasteiger partial charge in [-0.25, -0.2) is 9.78 Å². The molecule has 0 saturated carbocycles. The molecule has 7 nitrogen and oxygen atoms in total. The van der Waals surface area contributed by atoms with Crippen molar-refractivity contribution in [3.8, 4) is 0 Å². The minimum atomic E-state index is -0.152. The third kappa shape index (κ3) is 4.09. The number of H-pyrrole nitrogens is 1. The normalized spacial score (nSPS) is 15.5. The fourth-order valence-electron chi connectivity index (χ4n) is 5.42. The molecule has 4 heterocycles. The fraction of sp³-hybridized carbons (Fsp3) is 0.250. The zero-order valence-electron chi connectivity index (χ0n) is 19.7. The van der Waals surface area contributed by atoms with Crippen LogP contribution in [0.2, 0.25) is 5.02 Å². The molecule has 0 bridgehead atoms. The number of carbonyl (C=O) groups excluding carboxylic acids is 1. The van der Waals surface area contributed by atoms with E-state index in [1.165, 1.54) is 0 Å². The van der Waals surface area contributed by atoms with Crippen LogP contribution in [0.15, 0.2) is 83.9 Å². The summed E-state index contributed by atoms with van der Waals surface area (Å²) in [6.45, 7) is 1.24. The Bertz CT molecular complexity index is 1590. The maximum absolute atomic E-state index is 13.5. The summed E-state index contributed by atoms with van der Waals surface area (Å²) in [5, 5.41) is 0.620. The monoisotopic (exact) mass is 499 g/mol. The average Bonchev–Trinajstić information content (AvgIpc) is 3.47. The van der Waals surface area contributed by atoms with E-state index in [2.05, 4.69) is 22.1 Å². The lowest BCUT2D eigenvalue weighted by Crippen LogP contribution is -2.41.